The van der Waals surface area contributed by atoms with Gasteiger partial charge in [-0.05, 0) is 40.8 Å². The summed E-state index contributed by atoms with van der Waals surface area (Å²) in [6.07, 6.45) is -0.633. The fourth-order valence-electron chi connectivity index (χ4n) is 4.45. The van der Waals surface area contributed by atoms with E-state index < -0.39 is 17.6 Å². The molecule has 5 aromatic rings. The molecule has 0 spiro atoms. The van der Waals surface area contributed by atoms with Crippen LogP contribution in [0.25, 0.3) is 22.1 Å². The molecule has 1 heterocycles. The van der Waals surface area contributed by atoms with E-state index in [0.717, 1.165) is 22.3 Å². The normalized spacial score (nSPS) is 13.0. The van der Waals surface area contributed by atoms with Gasteiger partial charge in [-0.3, -0.25) is 0 Å². The molecule has 168 valence electrons. The molecule has 4 heteroatoms. The fraction of sp³-hybridized carbons (Fsp3) is 0.100. The van der Waals surface area contributed by atoms with Crippen molar-refractivity contribution in [2.24, 2.45) is 0 Å². The van der Waals surface area contributed by atoms with Crippen LogP contribution in [-0.4, -0.2) is 10.2 Å². The van der Waals surface area contributed by atoms with Crippen molar-refractivity contribution in [3.8, 4) is 16.9 Å². The van der Waals surface area contributed by atoms with Gasteiger partial charge in [-0.2, -0.15) is 0 Å². The summed E-state index contributed by atoms with van der Waals surface area (Å²) in [5.74, 6) is -0.654. The first kappa shape index (κ1) is 21.7. The number of para-hydroxylation sites is 1. The van der Waals surface area contributed by atoms with E-state index in [4.69, 9.17) is 4.42 Å². The molecule has 0 saturated heterocycles. The Bertz CT molecular complexity index is 1460. The Morgan fingerprint density at radius 1 is 0.676 bits per heavy atom. The van der Waals surface area contributed by atoms with E-state index in [1.807, 2.05) is 84.9 Å². The molecule has 0 aliphatic rings. The van der Waals surface area contributed by atoms with Gasteiger partial charge in [-0.1, -0.05) is 97.1 Å². The Morgan fingerprint density at radius 2 is 1.26 bits per heavy atom. The molecule has 0 amide bonds. The average Bonchev–Trinajstić information content (AvgIpc) is 2.89. The van der Waals surface area contributed by atoms with Crippen LogP contribution >= 0.6 is 0 Å². The highest BCUT2D eigenvalue weighted by molar-refractivity contribution is 5.84. The Balaban J connectivity index is 1.52. The van der Waals surface area contributed by atoms with Gasteiger partial charge in [0.05, 0.1) is 17.1 Å². The maximum Gasteiger partial charge on any atom is 0.343 e. The van der Waals surface area contributed by atoms with Gasteiger partial charge in [-0.15, -0.1) is 0 Å². The smallest absolute Gasteiger partial charge is 0.343 e. The van der Waals surface area contributed by atoms with Gasteiger partial charge < -0.3 is 14.6 Å². The van der Waals surface area contributed by atoms with Crippen molar-refractivity contribution in [3.63, 3.8) is 0 Å². The molecule has 0 saturated carbocycles. The summed E-state index contributed by atoms with van der Waals surface area (Å²) in [6.45, 7) is 0. The number of aliphatic hydroxyl groups excluding tert-OH is 1. The highest BCUT2D eigenvalue weighted by Gasteiger charge is 2.27. The largest absolute Gasteiger partial charge is 0.507 e. The van der Waals surface area contributed by atoms with Crippen LogP contribution < -0.4 is 5.63 Å². The van der Waals surface area contributed by atoms with Gasteiger partial charge >= 0.3 is 5.63 Å². The highest BCUT2D eigenvalue weighted by Crippen LogP contribution is 2.39. The number of hydrogen-bond donors (Lipinski definition) is 2. The van der Waals surface area contributed by atoms with Gasteiger partial charge in [0.2, 0.25) is 0 Å². The zero-order valence-electron chi connectivity index (χ0n) is 18.5. The van der Waals surface area contributed by atoms with E-state index in [0.29, 0.717) is 11.0 Å². The maximum absolute atomic E-state index is 13.0. The number of aliphatic hydroxyl groups is 1. The van der Waals surface area contributed by atoms with Crippen LogP contribution in [0.5, 0.6) is 5.75 Å². The third-order valence-electron chi connectivity index (χ3n) is 6.23. The van der Waals surface area contributed by atoms with E-state index in [9.17, 15) is 15.0 Å². The second kappa shape index (κ2) is 9.38. The van der Waals surface area contributed by atoms with E-state index >= 15 is 0 Å². The van der Waals surface area contributed by atoms with Crippen molar-refractivity contribution in [3.05, 3.63) is 136 Å². The molecule has 0 aliphatic heterocycles. The number of hydrogen-bond acceptors (Lipinski definition) is 4. The zero-order valence-corrected chi connectivity index (χ0v) is 18.5. The van der Waals surface area contributed by atoms with Gasteiger partial charge in [0.25, 0.3) is 0 Å². The molecule has 0 fully saturated rings. The van der Waals surface area contributed by atoms with Crippen molar-refractivity contribution in [1.29, 1.82) is 0 Å². The molecule has 0 unspecified atom stereocenters. The number of rotatable bonds is 6. The summed E-state index contributed by atoms with van der Waals surface area (Å²) in [7, 11) is 0. The Labute approximate surface area is 197 Å². The van der Waals surface area contributed by atoms with E-state index in [-0.39, 0.29) is 17.7 Å². The van der Waals surface area contributed by atoms with Crippen molar-refractivity contribution >= 4 is 11.0 Å². The minimum absolute atomic E-state index is 0.104. The summed E-state index contributed by atoms with van der Waals surface area (Å²) in [5.41, 5.74) is 3.61. The number of benzene rings is 4. The minimum atomic E-state index is -0.847. The zero-order chi connectivity index (χ0) is 23.5. The SMILES string of the molecule is O=c1oc2ccccc2c(O)c1[C@@H](C[C@H](O)c1ccc(-c2ccccc2)cc1)c1ccccc1. The van der Waals surface area contributed by atoms with Crippen LogP contribution in [-0.2, 0) is 0 Å². The fourth-order valence-corrected chi connectivity index (χ4v) is 4.45. The lowest BCUT2D eigenvalue weighted by Gasteiger charge is -2.22. The third-order valence-corrected chi connectivity index (χ3v) is 6.23. The lowest BCUT2D eigenvalue weighted by molar-refractivity contribution is 0.161. The van der Waals surface area contributed by atoms with Crippen LogP contribution in [0.3, 0.4) is 0 Å². The topological polar surface area (TPSA) is 70.7 Å². The Kier molecular flexibility index (Phi) is 5.98. The van der Waals surface area contributed by atoms with E-state index in [2.05, 4.69) is 0 Å². The monoisotopic (exact) mass is 448 g/mol. The first-order chi connectivity index (χ1) is 16.6. The second-order valence-electron chi connectivity index (χ2n) is 8.35. The van der Waals surface area contributed by atoms with Crippen molar-refractivity contribution in [1.82, 2.24) is 0 Å². The molecule has 2 N–H and O–H groups in total. The molecule has 0 bridgehead atoms. The summed E-state index contributed by atoms with van der Waals surface area (Å²) in [4.78, 5) is 13.0. The highest BCUT2D eigenvalue weighted by atomic mass is 16.4. The molecule has 4 aromatic carbocycles. The lowest BCUT2D eigenvalue weighted by atomic mass is 9.84. The standard InChI is InChI=1S/C30H24O4/c31-26(23-17-15-21(16-18-23)20-9-3-1-4-10-20)19-25(22-11-5-2-6-12-22)28-29(32)24-13-7-8-14-27(24)34-30(28)33/h1-18,25-26,31-32H,19H2/t25-,26-/m0/s1. The van der Waals surface area contributed by atoms with Crippen molar-refractivity contribution in [2.75, 3.05) is 0 Å². The molecule has 1 aromatic heterocycles. The van der Waals surface area contributed by atoms with E-state index in [1.165, 1.54) is 0 Å². The molecule has 5 rings (SSSR count). The van der Waals surface area contributed by atoms with Crippen molar-refractivity contribution in [2.45, 2.75) is 18.4 Å². The number of fused-ring (bicyclic) bond motifs is 1. The third kappa shape index (κ3) is 4.24. The Hall–Kier alpha value is -4.15. The van der Waals surface area contributed by atoms with E-state index in [1.54, 1.807) is 24.3 Å². The molecule has 0 aliphatic carbocycles. The maximum atomic E-state index is 13.0. The molecule has 4 nitrogen and oxygen atoms in total. The van der Waals surface area contributed by atoms with Gasteiger partial charge in [0.15, 0.2) is 0 Å². The van der Waals surface area contributed by atoms with Crippen molar-refractivity contribution < 1.29 is 14.6 Å². The van der Waals surface area contributed by atoms with Crippen LogP contribution in [0.2, 0.25) is 0 Å². The first-order valence-electron chi connectivity index (χ1n) is 11.2. The van der Waals surface area contributed by atoms with Gasteiger partial charge in [0.1, 0.15) is 11.3 Å². The molecule has 0 radical (unpaired) electrons. The molecular weight excluding hydrogens is 424 g/mol. The predicted molar refractivity (Wildman–Crippen MR) is 134 cm³/mol. The minimum Gasteiger partial charge on any atom is -0.507 e. The van der Waals surface area contributed by atoms with Crippen LogP contribution in [0.15, 0.2) is 118 Å². The Morgan fingerprint density at radius 3 is 1.97 bits per heavy atom. The quantitative estimate of drug-likeness (QED) is 0.294. The molecule has 2 atom stereocenters. The van der Waals surface area contributed by atoms with Crippen LogP contribution in [0, 0.1) is 0 Å². The summed E-state index contributed by atoms with van der Waals surface area (Å²) in [6, 6.07) is 34.1. The van der Waals surface area contributed by atoms with Gasteiger partial charge in [0, 0.05) is 5.92 Å². The molecule has 34 heavy (non-hydrogen) atoms. The second-order valence-corrected chi connectivity index (χ2v) is 8.35. The van der Waals surface area contributed by atoms with Crippen LogP contribution in [0.4, 0.5) is 0 Å². The van der Waals surface area contributed by atoms with Crippen LogP contribution in [0.1, 0.15) is 35.1 Å². The molecular formula is C30H24O4. The predicted octanol–water partition coefficient (Wildman–Crippen LogP) is 6.42. The summed E-state index contributed by atoms with van der Waals surface area (Å²) in [5, 5.41) is 22.7. The summed E-state index contributed by atoms with van der Waals surface area (Å²) < 4.78 is 5.53. The number of aromatic hydroxyl groups is 1. The average molecular weight is 449 g/mol. The lowest BCUT2D eigenvalue weighted by Crippen LogP contribution is -2.17. The first-order valence-corrected chi connectivity index (χ1v) is 11.2. The van der Waals surface area contributed by atoms with Gasteiger partial charge in [-0.25, -0.2) is 4.79 Å². The summed E-state index contributed by atoms with van der Waals surface area (Å²) >= 11 is 0.